The third-order valence-corrected chi connectivity index (χ3v) is 4.33. The minimum Gasteiger partial charge on any atom is -0.480 e. The molecule has 1 aliphatic rings. The highest BCUT2D eigenvalue weighted by molar-refractivity contribution is 5.84. The minimum absolute atomic E-state index is 0.356. The van der Waals surface area contributed by atoms with Gasteiger partial charge in [0.15, 0.2) is 0 Å². The predicted molar refractivity (Wildman–Crippen MR) is 95.3 cm³/mol. The number of rotatable bonds is 4. The number of likely N-dealkylation sites (tertiary alicyclic amines) is 1. The van der Waals surface area contributed by atoms with Crippen molar-refractivity contribution >= 4 is 12.1 Å². The molecule has 25 heavy (non-hydrogen) atoms. The van der Waals surface area contributed by atoms with Crippen LogP contribution in [0.2, 0.25) is 0 Å². The number of aliphatic carboxylic acids is 1. The van der Waals surface area contributed by atoms with Gasteiger partial charge in [0.2, 0.25) is 0 Å². The number of nitrogens with one attached hydrogen (secondary N) is 1. The molecule has 1 fully saturated rings. The predicted octanol–water partition coefficient (Wildman–Crippen LogP) is 3.02. The number of ether oxygens (including phenoxy) is 1. The first kappa shape index (κ1) is 19.2. The zero-order valence-electron chi connectivity index (χ0n) is 15.2. The average molecular weight is 348 g/mol. The summed E-state index contributed by atoms with van der Waals surface area (Å²) in [7, 11) is 0. The molecular weight excluding hydrogens is 320 g/mol. The molecule has 6 heteroatoms. The molecule has 2 rings (SSSR count). The van der Waals surface area contributed by atoms with E-state index >= 15 is 0 Å². The fraction of sp³-hybridized carbons (Fsp3) is 0.579. The lowest BCUT2D eigenvalue weighted by Crippen LogP contribution is -2.56. The van der Waals surface area contributed by atoms with Gasteiger partial charge in [-0.15, -0.1) is 0 Å². The smallest absolute Gasteiger partial charge is 0.408 e. The largest absolute Gasteiger partial charge is 0.480 e. The topological polar surface area (TPSA) is 78.9 Å². The van der Waals surface area contributed by atoms with Gasteiger partial charge >= 0.3 is 12.1 Å². The van der Waals surface area contributed by atoms with Crippen molar-refractivity contribution in [3.05, 3.63) is 35.9 Å². The Bertz CT molecular complexity index is 597. The summed E-state index contributed by atoms with van der Waals surface area (Å²) in [6, 6.07) is 10.1. The van der Waals surface area contributed by atoms with Gasteiger partial charge in [0.05, 0.1) is 0 Å². The Balaban J connectivity index is 2.02. The van der Waals surface area contributed by atoms with Crippen molar-refractivity contribution in [2.24, 2.45) is 0 Å². The average Bonchev–Trinajstić information content (AvgIpc) is 2.70. The molecule has 1 aromatic carbocycles. The van der Waals surface area contributed by atoms with Crippen molar-refractivity contribution in [1.82, 2.24) is 10.2 Å². The highest BCUT2D eigenvalue weighted by atomic mass is 16.6. The van der Waals surface area contributed by atoms with E-state index in [0.29, 0.717) is 25.8 Å². The van der Waals surface area contributed by atoms with E-state index in [1.165, 1.54) is 5.56 Å². The second-order valence-corrected chi connectivity index (χ2v) is 7.63. The third-order valence-electron chi connectivity index (χ3n) is 4.33. The van der Waals surface area contributed by atoms with Crippen LogP contribution in [-0.4, -0.2) is 46.3 Å². The van der Waals surface area contributed by atoms with Crippen molar-refractivity contribution in [3.8, 4) is 0 Å². The molecule has 0 aromatic heterocycles. The molecule has 0 aliphatic carbocycles. The van der Waals surface area contributed by atoms with Crippen LogP contribution in [0.15, 0.2) is 30.3 Å². The van der Waals surface area contributed by atoms with Gasteiger partial charge in [-0.05, 0) is 52.1 Å². The summed E-state index contributed by atoms with van der Waals surface area (Å²) in [5, 5.41) is 12.4. The van der Waals surface area contributed by atoms with Gasteiger partial charge in [0, 0.05) is 13.1 Å². The number of benzene rings is 1. The normalized spacial score (nSPS) is 22.0. The van der Waals surface area contributed by atoms with Crippen molar-refractivity contribution in [3.63, 3.8) is 0 Å². The zero-order chi connectivity index (χ0) is 18.5. The molecule has 0 unspecified atom stereocenters. The number of hydrogen-bond donors (Lipinski definition) is 2. The third kappa shape index (κ3) is 5.74. The second kappa shape index (κ2) is 7.87. The lowest BCUT2D eigenvalue weighted by atomic mass is 9.91. The Labute approximate surface area is 149 Å². The molecule has 0 spiro atoms. The number of alkyl carbamates (subject to hydrolysis) is 1. The van der Waals surface area contributed by atoms with Crippen molar-refractivity contribution in [2.75, 3.05) is 13.1 Å². The minimum atomic E-state index is -1.27. The Morgan fingerprint density at radius 1 is 1.20 bits per heavy atom. The van der Waals surface area contributed by atoms with Gasteiger partial charge in [0.25, 0.3) is 0 Å². The van der Waals surface area contributed by atoms with Gasteiger partial charge < -0.3 is 15.2 Å². The number of carboxylic acids is 1. The van der Waals surface area contributed by atoms with Gasteiger partial charge in [-0.25, -0.2) is 9.59 Å². The highest BCUT2D eigenvalue weighted by Crippen LogP contribution is 2.25. The molecule has 1 heterocycles. The summed E-state index contributed by atoms with van der Waals surface area (Å²) in [5.74, 6) is -1.00. The van der Waals surface area contributed by atoms with E-state index in [1.807, 2.05) is 18.2 Å². The lowest BCUT2D eigenvalue weighted by molar-refractivity contribution is -0.145. The summed E-state index contributed by atoms with van der Waals surface area (Å²) in [6.07, 6.45) is 0.780. The molecule has 6 nitrogen and oxygen atoms in total. The van der Waals surface area contributed by atoms with Crippen LogP contribution in [-0.2, 0) is 16.1 Å². The molecule has 0 saturated carbocycles. The molecule has 2 N–H and O–H groups in total. The summed E-state index contributed by atoms with van der Waals surface area (Å²) < 4.78 is 5.25. The van der Waals surface area contributed by atoms with E-state index < -0.39 is 23.2 Å². The first-order chi connectivity index (χ1) is 11.7. The second-order valence-electron chi connectivity index (χ2n) is 7.63. The number of carbonyl (C=O) groups is 2. The molecule has 1 amide bonds. The van der Waals surface area contributed by atoms with Crippen LogP contribution in [0.3, 0.4) is 0 Å². The maximum absolute atomic E-state index is 12.1. The van der Waals surface area contributed by atoms with Crippen LogP contribution in [0.25, 0.3) is 0 Å². The molecule has 1 atom stereocenters. The van der Waals surface area contributed by atoms with Gasteiger partial charge in [0.1, 0.15) is 11.1 Å². The Kier molecular flexibility index (Phi) is 6.06. The molecular formula is C19H28N2O4. The Morgan fingerprint density at radius 2 is 1.88 bits per heavy atom. The van der Waals surface area contributed by atoms with Crippen LogP contribution in [0.4, 0.5) is 4.79 Å². The van der Waals surface area contributed by atoms with Crippen molar-refractivity contribution in [2.45, 2.75) is 57.7 Å². The molecule has 0 bridgehead atoms. The maximum Gasteiger partial charge on any atom is 0.408 e. The maximum atomic E-state index is 12.1. The van der Waals surface area contributed by atoms with E-state index in [-0.39, 0.29) is 0 Å². The number of carbonyl (C=O) groups excluding carboxylic acids is 1. The van der Waals surface area contributed by atoms with E-state index in [0.717, 1.165) is 13.1 Å². The van der Waals surface area contributed by atoms with E-state index in [2.05, 4.69) is 22.3 Å². The van der Waals surface area contributed by atoms with Crippen LogP contribution in [0.5, 0.6) is 0 Å². The highest BCUT2D eigenvalue weighted by Gasteiger charge is 2.42. The molecule has 138 valence electrons. The van der Waals surface area contributed by atoms with Crippen LogP contribution < -0.4 is 5.32 Å². The Hall–Kier alpha value is -2.08. The van der Waals surface area contributed by atoms with Crippen molar-refractivity contribution in [1.29, 1.82) is 0 Å². The molecule has 1 aliphatic heterocycles. The Morgan fingerprint density at radius 3 is 2.48 bits per heavy atom. The van der Waals surface area contributed by atoms with Crippen LogP contribution in [0.1, 0.15) is 45.6 Å². The monoisotopic (exact) mass is 348 g/mol. The van der Waals surface area contributed by atoms with Crippen LogP contribution >= 0.6 is 0 Å². The number of nitrogens with zero attached hydrogens (tertiary/aromatic N) is 1. The summed E-state index contributed by atoms with van der Waals surface area (Å²) in [5.41, 5.74) is -0.729. The van der Waals surface area contributed by atoms with Gasteiger partial charge in [-0.2, -0.15) is 0 Å². The molecule has 0 radical (unpaired) electrons. The summed E-state index contributed by atoms with van der Waals surface area (Å²) in [4.78, 5) is 26.3. The van der Waals surface area contributed by atoms with Crippen molar-refractivity contribution < 1.29 is 19.4 Å². The first-order valence-electron chi connectivity index (χ1n) is 8.71. The van der Waals surface area contributed by atoms with Gasteiger partial charge in [-0.3, -0.25) is 4.90 Å². The van der Waals surface area contributed by atoms with E-state index in [4.69, 9.17) is 4.74 Å². The SMILES string of the molecule is CC(C)(C)OC(=O)N[C@@]1(C(=O)O)CCCN(Cc2ccccc2)CC1. The summed E-state index contributed by atoms with van der Waals surface area (Å²) >= 11 is 0. The van der Waals surface area contributed by atoms with E-state index in [9.17, 15) is 14.7 Å². The fourth-order valence-electron chi connectivity index (χ4n) is 3.08. The molecule has 1 aromatic rings. The number of carboxylic acid groups (broad SMARTS) is 1. The zero-order valence-corrected chi connectivity index (χ0v) is 15.2. The quantitative estimate of drug-likeness (QED) is 0.874. The van der Waals surface area contributed by atoms with Gasteiger partial charge in [-0.1, -0.05) is 30.3 Å². The lowest BCUT2D eigenvalue weighted by Gasteiger charge is -2.31. The van der Waals surface area contributed by atoms with Crippen LogP contribution in [0, 0.1) is 0 Å². The first-order valence-corrected chi connectivity index (χ1v) is 8.71. The van der Waals surface area contributed by atoms with E-state index in [1.54, 1.807) is 20.8 Å². The fourth-order valence-corrected chi connectivity index (χ4v) is 3.08. The number of amides is 1. The molecule has 1 saturated heterocycles. The number of hydrogen-bond acceptors (Lipinski definition) is 4. The summed E-state index contributed by atoms with van der Waals surface area (Å²) in [6.45, 7) is 7.47. The standard InChI is InChI=1S/C19H28N2O4/c1-18(2,3)25-17(24)20-19(16(22)23)10-7-12-21(13-11-19)14-15-8-5-4-6-9-15/h4-6,8-9H,7,10-14H2,1-3H3,(H,20,24)(H,22,23)/t19-/m0/s1.